The molecular weight excluding hydrogens is 320 g/mol. The molecule has 0 bridgehead atoms. The van der Waals surface area contributed by atoms with Crippen molar-refractivity contribution in [3.8, 4) is 5.75 Å². The SMILES string of the molecule is CC(C(=O)Nc1cc(Br)ccc1O)C1CNC1.Cl. The van der Waals surface area contributed by atoms with Crippen LogP contribution in [-0.2, 0) is 4.79 Å². The second kappa shape index (κ2) is 6.41. The van der Waals surface area contributed by atoms with E-state index in [-0.39, 0.29) is 30.0 Å². The van der Waals surface area contributed by atoms with E-state index in [1.807, 2.05) is 6.92 Å². The van der Waals surface area contributed by atoms with Gasteiger partial charge in [-0.1, -0.05) is 22.9 Å². The number of hydrogen-bond donors (Lipinski definition) is 3. The number of anilines is 1. The van der Waals surface area contributed by atoms with Crippen LogP contribution in [0.25, 0.3) is 0 Å². The van der Waals surface area contributed by atoms with E-state index in [4.69, 9.17) is 0 Å². The van der Waals surface area contributed by atoms with Gasteiger partial charge >= 0.3 is 0 Å². The van der Waals surface area contributed by atoms with Gasteiger partial charge in [0.2, 0.25) is 5.91 Å². The second-order valence-electron chi connectivity index (χ2n) is 4.36. The number of phenols is 1. The molecule has 6 heteroatoms. The maximum absolute atomic E-state index is 11.9. The zero-order chi connectivity index (χ0) is 12.4. The molecule has 0 saturated carbocycles. The number of carbonyl (C=O) groups is 1. The van der Waals surface area contributed by atoms with Crippen LogP contribution in [0, 0.1) is 11.8 Å². The predicted octanol–water partition coefficient (Wildman–Crippen LogP) is 2.37. The molecule has 0 aliphatic carbocycles. The van der Waals surface area contributed by atoms with Crippen molar-refractivity contribution in [3.63, 3.8) is 0 Å². The number of carbonyl (C=O) groups excluding carboxylic acids is 1. The zero-order valence-corrected chi connectivity index (χ0v) is 12.3. The van der Waals surface area contributed by atoms with Gasteiger partial charge in [-0.2, -0.15) is 0 Å². The molecule has 1 amide bonds. The van der Waals surface area contributed by atoms with E-state index in [9.17, 15) is 9.90 Å². The molecule has 0 spiro atoms. The average Bonchev–Trinajstić information content (AvgIpc) is 2.21. The van der Waals surface area contributed by atoms with Crippen LogP contribution in [0.15, 0.2) is 22.7 Å². The summed E-state index contributed by atoms with van der Waals surface area (Å²) in [6, 6.07) is 4.97. The third kappa shape index (κ3) is 3.37. The van der Waals surface area contributed by atoms with Crippen molar-refractivity contribution in [2.75, 3.05) is 18.4 Å². The highest BCUT2D eigenvalue weighted by Gasteiger charge is 2.28. The Bertz CT molecular complexity index is 438. The van der Waals surface area contributed by atoms with Crippen molar-refractivity contribution in [2.45, 2.75) is 6.92 Å². The minimum absolute atomic E-state index is 0. The Balaban J connectivity index is 0.00000162. The fourth-order valence-corrected chi connectivity index (χ4v) is 2.09. The van der Waals surface area contributed by atoms with E-state index < -0.39 is 0 Å². The number of benzene rings is 1. The van der Waals surface area contributed by atoms with Gasteiger partial charge in [0.15, 0.2) is 0 Å². The third-order valence-electron chi connectivity index (χ3n) is 3.15. The van der Waals surface area contributed by atoms with Crippen LogP contribution in [0.3, 0.4) is 0 Å². The Morgan fingerprint density at radius 2 is 2.22 bits per heavy atom. The van der Waals surface area contributed by atoms with Gasteiger partial charge in [-0.3, -0.25) is 4.79 Å². The Hall–Kier alpha value is -0.780. The number of halogens is 2. The number of hydrogen-bond acceptors (Lipinski definition) is 3. The molecule has 1 aromatic carbocycles. The molecule has 1 atom stereocenters. The summed E-state index contributed by atoms with van der Waals surface area (Å²) in [7, 11) is 0. The molecular formula is C12H16BrClN2O2. The number of rotatable bonds is 3. The van der Waals surface area contributed by atoms with Gasteiger partial charge in [0.1, 0.15) is 5.75 Å². The van der Waals surface area contributed by atoms with Crippen LogP contribution in [-0.4, -0.2) is 24.1 Å². The van der Waals surface area contributed by atoms with Crippen molar-refractivity contribution in [2.24, 2.45) is 11.8 Å². The molecule has 0 radical (unpaired) electrons. The fourth-order valence-electron chi connectivity index (χ4n) is 1.73. The van der Waals surface area contributed by atoms with Crippen molar-refractivity contribution in [3.05, 3.63) is 22.7 Å². The van der Waals surface area contributed by atoms with Crippen LogP contribution in [0.2, 0.25) is 0 Å². The number of nitrogens with one attached hydrogen (secondary N) is 2. The smallest absolute Gasteiger partial charge is 0.227 e. The summed E-state index contributed by atoms with van der Waals surface area (Å²) in [5, 5.41) is 15.5. The van der Waals surface area contributed by atoms with Gasteiger partial charge in [-0.05, 0) is 37.2 Å². The van der Waals surface area contributed by atoms with Gasteiger partial charge in [0.25, 0.3) is 0 Å². The Labute approximate surface area is 121 Å². The van der Waals surface area contributed by atoms with Crippen LogP contribution in [0.1, 0.15) is 6.92 Å². The van der Waals surface area contributed by atoms with Gasteiger partial charge in [0, 0.05) is 10.4 Å². The molecule has 1 heterocycles. The van der Waals surface area contributed by atoms with Gasteiger partial charge in [-0.25, -0.2) is 0 Å². The molecule has 1 aromatic rings. The van der Waals surface area contributed by atoms with E-state index in [1.54, 1.807) is 18.2 Å². The number of phenolic OH excluding ortho intramolecular Hbond substituents is 1. The maximum Gasteiger partial charge on any atom is 0.227 e. The highest BCUT2D eigenvalue weighted by molar-refractivity contribution is 9.10. The molecule has 18 heavy (non-hydrogen) atoms. The predicted molar refractivity (Wildman–Crippen MR) is 77.2 cm³/mol. The Morgan fingerprint density at radius 1 is 1.56 bits per heavy atom. The molecule has 100 valence electrons. The van der Waals surface area contributed by atoms with Gasteiger partial charge < -0.3 is 15.7 Å². The quantitative estimate of drug-likeness (QED) is 0.743. The second-order valence-corrected chi connectivity index (χ2v) is 5.27. The number of amides is 1. The first kappa shape index (κ1) is 15.3. The summed E-state index contributed by atoms with van der Waals surface area (Å²) in [6.07, 6.45) is 0. The third-order valence-corrected chi connectivity index (χ3v) is 3.64. The Morgan fingerprint density at radius 3 is 2.78 bits per heavy atom. The molecule has 3 N–H and O–H groups in total. The molecule has 1 saturated heterocycles. The first-order valence-corrected chi connectivity index (χ1v) is 6.37. The summed E-state index contributed by atoms with van der Waals surface area (Å²) >= 11 is 3.30. The monoisotopic (exact) mass is 334 g/mol. The summed E-state index contributed by atoms with van der Waals surface area (Å²) in [6.45, 7) is 3.69. The van der Waals surface area contributed by atoms with Crippen molar-refractivity contribution < 1.29 is 9.90 Å². The van der Waals surface area contributed by atoms with Crippen LogP contribution >= 0.6 is 28.3 Å². The molecule has 1 unspecified atom stereocenters. The van der Waals surface area contributed by atoms with E-state index in [0.29, 0.717) is 11.6 Å². The Kier molecular flexibility index (Phi) is 5.44. The highest BCUT2D eigenvalue weighted by Crippen LogP contribution is 2.28. The van der Waals surface area contributed by atoms with E-state index in [1.165, 1.54) is 0 Å². The van der Waals surface area contributed by atoms with E-state index in [0.717, 1.165) is 17.6 Å². The number of aromatic hydroxyl groups is 1. The van der Waals surface area contributed by atoms with Crippen LogP contribution in [0.4, 0.5) is 5.69 Å². The fraction of sp³-hybridized carbons (Fsp3) is 0.417. The summed E-state index contributed by atoms with van der Waals surface area (Å²) in [4.78, 5) is 11.9. The largest absolute Gasteiger partial charge is 0.506 e. The van der Waals surface area contributed by atoms with E-state index >= 15 is 0 Å². The van der Waals surface area contributed by atoms with Crippen molar-refractivity contribution in [1.29, 1.82) is 0 Å². The van der Waals surface area contributed by atoms with Gasteiger partial charge in [0.05, 0.1) is 5.69 Å². The van der Waals surface area contributed by atoms with E-state index in [2.05, 4.69) is 26.6 Å². The maximum atomic E-state index is 11.9. The summed E-state index contributed by atoms with van der Waals surface area (Å²) in [5.74, 6) is 0.379. The minimum atomic E-state index is -0.0510. The topological polar surface area (TPSA) is 61.4 Å². The zero-order valence-electron chi connectivity index (χ0n) is 9.94. The molecule has 1 fully saturated rings. The standard InChI is InChI=1S/C12H15BrN2O2.ClH/c1-7(8-5-14-6-8)12(17)15-10-4-9(13)2-3-11(10)16;/h2-4,7-8,14,16H,5-6H2,1H3,(H,15,17);1H. The lowest BCUT2D eigenvalue weighted by Gasteiger charge is -2.31. The van der Waals surface area contributed by atoms with Crippen molar-refractivity contribution >= 4 is 39.9 Å². The molecule has 1 aliphatic heterocycles. The molecule has 2 rings (SSSR count). The molecule has 4 nitrogen and oxygen atoms in total. The normalized spacial score (nSPS) is 16.3. The average molecular weight is 336 g/mol. The minimum Gasteiger partial charge on any atom is -0.506 e. The van der Waals surface area contributed by atoms with Crippen LogP contribution in [0.5, 0.6) is 5.75 Å². The summed E-state index contributed by atoms with van der Waals surface area (Å²) in [5.41, 5.74) is 0.448. The lowest BCUT2D eigenvalue weighted by Crippen LogP contribution is -2.48. The van der Waals surface area contributed by atoms with Gasteiger partial charge in [-0.15, -0.1) is 12.4 Å². The molecule has 1 aliphatic rings. The summed E-state index contributed by atoms with van der Waals surface area (Å²) < 4.78 is 0.823. The molecule has 0 aromatic heterocycles. The lowest BCUT2D eigenvalue weighted by molar-refractivity contribution is -0.121. The van der Waals surface area contributed by atoms with Crippen molar-refractivity contribution in [1.82, 2.24) is 5.32 Å². The lowest BCUT2D eigenvalue weighted by atomic mass is 9.88. The highest BCUT2D eigenvalue weighted by atomic mass is 79.9. The van der Waals surface area contributed by atoms with Crippen LogP contribution < -0.4 is 10.6 Å². The first-order valence-electron chi connectivity index (χ1n) is 5.58. The first-order chi connectivity index (χ1) is 8.08.